The van der Waals surface area contributed by atoms with Crippen molar-refractivity contribution in [2.45, 2.75) is 12.8 Å². The van der Waals surface area contributed by atoms with Crippen LogP contribution in [0, 0.1) is 0 Å². The molecule has 0 spiro atoms. The van der Waals surface area contributed by atoms with Crippen molar-refractivity contribution in [2.24, 2.45) is 0 Å². The molecule has 9 nitrogen and oxygen atoms in total. The number of sulfone groups is 1. The highest BCUT2D eigenvalue weighted by atomic mass is 32.2. The molecule has 0 aliphatic carbocycles. The van der Waals surface area contributed by atoms with Gasteiger partial charge in [-0.1, -0.05) is 0 Å². The Hall–Kier alpha value is -2.46. The molecule has 1 aromatic rings. The second-order valence-corrected chi connectivity index (χ2v) is 9.99. The van der Waals surface area contributed by atoms with Crippen LogP contribution in [0.3, 0.4) is 0 Å². The zero-order valence-electron chi connectivity index (χ0n) is 17.2. The minimum absolute atomic E-state index is 0.0888. The van der Waals surface area contributed by atoms with Crippen LogP contribution in [0.4, 0.5) is 5.69 Å². The van der Waals surface area contributed by atoms with Crippen LogP contribution in [0.1, 0.15) is 23.2 Å². The van der Waals surface area contributed by atoms with Crippen LogP contribution >= 0.6 is 0 Å². The number of nitrogens with zero attached hydrogens (tertiary/aromatic N) is 3. The molecule has 2 fully saturated rings. The Labute approximate surface area is 176 Å². The molecule has 2 aliphatic rings. The second kappa shape index (κ2) is 9.57. The van der Waals surface area contributed by atoms with E-state index in [4.69, 9.17) is 0 Å². The van der Waals surface area contributed by atoms with Gasteiger partial charge in [-0.2, -0.15) is 0 Å². The lowest BCUT2D eigenvalue weighted by Crippen LogP contribution is -2.51. The lowest BCUT2D eigenvalue weighted by atomic mass is 10.2. The van der Waals surface area contributed by atoms with E-state index >= 15 is 0 Å². The number of hydrogen-bond donors (Lipinski definition) is 1. The predicted molar refractivity (Wildman–Crippen MR) is 113 cm³/mol. The molecule has 30 heavy (non-hydrogen) atoms. The summed E-state index contributed by atoms with van der Waals surface area (Å²) >= 11 is 0. The first-order valence-electron chi connectivity index (χ1n) is 10.1. The van der Waals surface area contributed by atoms with Gasteiger partial charge in [0.25, 0.3) is 5.91 Å². The van der Waals surface area contributed by atoms with Crippen molar-refractivity contribution < 1.29 is 22.8 Å². The number of benzene rings is 1. The van der Waals surface area contributed by atoms with Crippen molar-refractivity contribution in [3.05, 3.63) is 29.8 Å². The molecular weight excluding hydrogens is 408 g/mol. The zero-order valence-corrected chi connectivity index (χ0v) is 18.0. The molecular formula is C20H28N4O5S. The maximum Gasteiger partial charge on any atom is 0.251 e. The van der Waals surface area contributed by atoms with Gasteiger partial charge in [-0.15, -0.1) is 0 Å². The highest BCUT2D eigenvalue weighted by Crippen LogP contribution is 2.21. The number of hydrogen-bond acceptors (Lipinski definition) is 6. The van der Waals surface area contributed by atoms with Gasteiger partial charge in [0.1, 0.15) is 9.84 Å². The largest absolute Gasteiger partial charge is 0.343 e. The normalized spacial score (nSPS) is 18.0. The average molecular weight is 437 g/mol. The molecule has 3 rings (SSSR count). The number of carbonyl (C=O) groups excluding carboxylic acids is 3. The standard InChI is InChI=1S/C20H28N4O5S/c1-30(28,29)14-13-22-9-11-23(12-10-22)19(26)15-21-20(27)16-4-6-17(7-5-16)24-8-2-3-18(24)25/h4-7H,2-3,8-15H2,1H3,(H,21,27). The van der Waals surface area contributed by atoms with E-state index in [-0.39, 0.29) is 30.0 Å². The molecule has 0 unspecified atom stereocenters. The Bertz CT molecular complexity index is 892. The zero-order chi connectivity index (χ0) is 21.7. The molecule has 1 aromatic carbocycles. The van der Waals surface area contributed by atoms with E-state index in [2.05, 4.69) is 5.32 Å². The van der Waals surface area contributed by atoms with Crippen molar-refractivity contribution in [2.75, 3.05) is 62.7 Å². The Morgan fingerprint density at radius 3 is 2.27 bits per heavy atom. The summed E-state index contributed by atoms with van der Waals surface area (Å²) in [5.41, 5.74) is 1.21. The molecule has 1 N–H and O–H groups in total. The Morgan fingerprint density at radius 1 is 1.03 bits per heavy atom. The summed E-state index contributed by atoms with van der Waals surface area (Å²) in [6, 6.07) is 6.80. The van der Waals surface area contributed by atoms with E-state index in [1.807, 2.05) is 4.90 Å². The van der Waals surface area contributed by atoms with Crippen molar-refractivity contribution in [3.8, 4) is 0 Å². The van der Waals surface area contributed by atoms with Crippen LogP contribution in [0.2, 0.25) is 0 Å². The molecule has 0 radical (unpaired) electrons. The summed E-state index contributed by atoms with van der Waals surface area (Å²) in [5.74, 6) is -0.295. The lowest BCUT2D eigenvalue weighted by Gasteiger charge is -2.34. The maximum atomic E-state index is 12.4. The summed E-state index contributed by atoms with van der Waals surface area (Å²) < 4.78 is 22.5. The number of piperazine rings is 1. The van der Waals surface area contributed by atoms with Crippen LogP contribution in [-0.2, 0) is 19.4 Å². The van der Waals surface area contributed by atoms with Gasteiger partial charge in [-0.05, 0) is 30.7 Å². The number of carbonyl (C=O) groups is 3. The van der Waals surface area contributed by atoms with Crippen molar-refractivity contribution in [1.82, 2.24) is 15.1 Å². The Balaban J connectivity index is 1.42. The van der Waals surface area contributed by atoms with Gasteiger partial charge in [-0.3, -0.25) is 19.3 Å². The highest BCUT2D eigenvalue weighted by molar-refractivity contribution is 7.90. The van der Waals surface area contributed by atoms with Crippen molar-refractivity contribution in [1.29, 1.82) is 0 Å². The maximum absolute atomic E-state index is 12.4. The number of rotatable bonds is 7. The molecule has 2 aliphatic heterocycles. The third kappa shape index (κ3) is 6.02. The predicted octanol–water partition coefficient (Wildman–Crippen LogP) is -0.268. The van der Waals surface area contributed by atoms with Gasteiger partial charge in [0.15, 0.2) is 0 Å². The Morgan fingerprint density at radius 2 is 1.70 bits per heavy atom. The fourth-order valence-corrected chi connectivity index (χ4v) is 4.19. The molecule has 0 bridgehead atoms. The van der Waals surface area contributed by atoms with Gasteiger partial charge >= 0.3 is 0 Å². The average Bonchev–Trinajstić information content (AvgIpc) is 3.16. The topological polar surface area (TPSA) is 107 Å². The summed E-state index contributed by atoms with van der Waals surface area (Å²) in [6.07, 6.45) is 2.61. The third-order valence-corrected chi connectivity index (χ3v) is 6.34. The summed E-state index contributed by atoms with van der Waals surface area (Å²) in [7, 11) is -3.00. The van der Waals surface area contributed by atoms with Crippen LogP contribution in [0.25, 0.3) is 0 Å². The van der Waals surface area contributed by atoms with E-state index < -0.39 is 9.84 Å². The van der Waals surface area contributed by atoms with Crippen LogP contribution < -0.4 is 10.2 Å². The summed E-state index contributed by atoms with van der Waals surface area (Å²) in [4.78, 5) is 41.9. The van der Waals surface area contributed by atoms with Crippen LogP contribution in [-0.4, -0.2) is 93.8 Å². The smallest absolute Gasteiger partial charge is 0.251 e. The molecule has 0 atom stereocenters. The molecule has 0 saturated carbocycles. The minimum atomic E-state index is -3.00. The van der Waals surface area contributed by atoms with Gasteiger partial charge < -0.3 is 15.1 Å². The van der Waals surface area contributed by atoms with Crippen LogP contribution in [0.15, 0.2) is 24.3 Å². The lowest BCUT2D eigenvalue weighted by molar-refractivity contribution is -0.131. The summed E-state index contributed by atoms with van der Waals surface area (Å²) in [5, 5.41) is 2.65. The monoisotopic (exact) mass is 436 g/mol. The van der Waals surface area contributed by atoms with Crippen molar-refractivity contribution >= 4 is 33.2 Å². The number of nitrogens with one attached hydrogen (secondary N) is 1. The van der Waals surface area contributed by atoms with Gasteiger partial charge in [-0.25, -0.2) is 8.42 Å². The molecule has 164 valence electrons. The molecule has 2 heterocycles. The molecule has 3 amide bonds. The number of anilines is 1. The first-order chi connectivity index (χ1) is 14.2. The molecule has 2 saturated heterocycles. The van der Waals surface area contributed by atoms with Crippen molar-refractivity contribution in [3.63, 3.8) is 0 Å². The van der Waals surface area contributed by atoms with E-state index in [9.17, 15) is 22.8 Å². The van der Waals surface area contributed by atoms with E-state index in [1.54, 1.807) is 34.1 Å². The van der Waals surface area contributed by atoms with Crippen LogP contribution in [0.5, 0.6) is 0 Å². The molecule has 0 aromatic heterocycles. The van der Waals surface area contributed by atoms with E-state index in [0.29, 0.717) is 51.3 Å². The fraction of sp³-hybridized carbons (Fsp3) is 0.550. The molecule has 10 heteroatoms. The van der Waals surface area contributed by atoms with Gasteiger partial charge in [0, 0.05) is 63.2 Å². The first kappa shape index (κ1) is 22.2. The van der Waals surface area contributed by atoms with E-state index in [1.165, 1.54) is 6.26 Å². The summed E-state index contributed by atoms with van der Waals surface area (Å²) in [6.45, 7) is 3.33. The third-order valence-electron chi connectivity index (χ3n) is 5.42. The van der Waals surface area contributed by atoms with Gasteiger partial charge in [0.05, 0.1) is 12.3 Å². The fourth-order valence-electron chi connectivity index (χ4n) is 3.60. The minimum Gasteiger partial charge on any atom is -0.343 e. The van der Waals surface area contributed by atoms with Gasteiger partial charge in [0.2, 0.25) is 11.8 Å². The van der Waals surface area contributed by atoms with E-state index in [0.717, 1.165) is 12.1 Å². The Kier molecular flexibility index (Phi) is 7.09. The second-order valence-electron chi connectivity index (χ2n) is 7.73. The highest BCUT2D eigenvalue weighted by Gasteiger charge is 2.23. The quantitative estimate of drug-likeness (QED) is 0.631. The SMILES string of the molecule is CS(=O)(=O)CCN1CCN(C(=O)CNC(=O)c2ccc(N3CCCC3=O)cc2)CC1. The first-order valence-corrected chi connectivity index (χ1v) is 12.2. The number of amides is 3.